The van der Waals surface area contributed by atoms with Crippen LogP contribution in [0.1, 0.15) is 18.7 Å². The molecular formula is C21H19F3N4OS. The van der Waals surface area contributed by atoms with Crippen molar-refractivity contribution in [3.8, 4) is 0 Å². The number of carbonyl (C=O) groups excluding carboxylic acids is 1. The number of hydrogen-bond donors (Lipinski definition) is 1. The molecule has 1 amide bonds. The van der Waals surface area contributed by atoms with Crippen molar-refractivity contribution in [3.63, 3.8) is 0 Å². The summed E-state index contributed by atoms with van der Waals surface area (Å²) in [7, 11) is 0. The number of alkyl halides is 3. The molecule has 5 nitrogen and oxygen atoms in total. The highest BCUT2D eigenvalue weighted by Crippen LogP contribution is 2.33. The van der Waals surface area contributed by atoms with Gasteiger partial charge in [-0.3, -0.25) is 4.79 Å². The molecule has 2 heterocycles. The summed E-state index contributed by atoms with van der Waals surface area (Å²) < 4.78 is 39.5. The molecule has 0 unspecified atom stereocenters. The monoisotopic (exact) mass is 432 g/mol. The van der Waals surface area contributed by atoms with E-state index in [1.807, 2.05) is 24.3 Å². The zero-order valence-electron chi connectivity index (χ0n) is 15.9. The van der Waals surface area contributed by atoms with Crippen LogP contribution in [0, 0.1) is 0 Å². The van der Waals surface area contributed by atoms with E-state index in [0.717, 1.165) is 43.4 Å². The van der Waals surface area contributed by atoms with Gasteiger partial charge in [-0.1, -0.05) is 42.1 Å². The molecule has 0 saturated carbocycles. The molecule has 4 rings (SSSR count). The first-order valence-electron chi connectivity index (χ1n) is 9.52. The number of hydrogen-bond acceptors (Lipinski definition) is 5. The summed E-state index contributed by atoms with van der Waals surface area (Å²) >= 11 is 0.969. The molecule has 1 aliphatic heterocycles. The van der Waals surface area contributed by atoms with Gasteiger partial charge in [0.15, 0.2) is 0 Å². The number of aromatic nitrogens is 2. The number of fused-ring (bicyclic) bond motifs is 1. The highest BCUT2D eigenvalue weighted by molar-refractivity contribution is 8.00. The van der Waals surface area contributed by atoms with E-state index in [9.17, 15) is 18.0 Å². The Morgan fingerprint density at radius 1 is 1.03 bits per heavy atom. The van der Waals surface area contributed by atoms with Gasteiger partial charge in [0.25, 0.3) is 0 Å². The second-order valence-electron chi connectivity index (χ2n) is 6.92. The van der Waals surface area contributed by atoms with Gasteiger partial charge < -0.3 is 10.2 Å². The van der Waals surface area contributed by atoms with Crippen LogP contribution in [0.15, 0.2) is 53.6 Å². The molecule has 1 aliphatic rings. The van der Waals surface area contributed by atoms with Gasteiger partial charge in [0.1, 0.15) is 5.03 Å². The van der Waals surface area contributed by atoms with Gasteiger partial charge in [-0.15, -0.1) is 0 Å². The summed E-state index contributed by atoms with van der Waals surface area (Å²) in [6, 6.07) is 14.0. The van der Waals surface area contributed by atoms with Crippen LogP contribution in [0.5, 0.6) is 0 Å². The smallest absolute Gasteiger partial charge is 0.370 e. The summed E-state index contributed by atoms with van der Waals surface area (Å²) in [4.78, 5) is 22.0. The van der Waals surface area contributed by atoms with E-state index >= 15 is 0 Å². The minimum absolute atomic E-state index is 0.0629. The van der Waals surface area contributed by atoms with Crippen LogP contribution in [-0.2, 0) is 11.0 Å². The predicted molar refractivity (Wildman–Crippen MR) is 112 cm³/mol. The average molecular weight is 432 g/mol. The fourth-order valence-corrected chi connectivity index (χ4v) is 4.24. The average Bonchev–Trinajstić information content (AvgIpc) is 3.26. The first-order chi connectivity index (χ1) is 14.4. The first kappa shape index (κ1) is 20.5. The molecule has 1 aromatic heterocycles. The van der Waals surface area contributed by atoms with Crippen molar-refractivity contribution < 1.29 is 18.0 Å². The van der Waals surface area contributed by atoms with Crippen LogP contribution in [0.3, 0.4) is 0 Å². The molecule has 2 aromatic carbocycles. The maximum atomic E-state index is 13.2. The Morgan fingerprint density at radius 2 is 1.73 bits per heavy atom. The van der Waals surface area contributed by atoms with Gasteiger partial charge in [-0.05, 0) is 31.0 Å². The topological polar surface area (TPSA) is 58.1 Å². The second kappa shape index (κ2) is 8.51. The Morgan fingerprint density at radius 3 is 2.50 bits per heavy atom. The molecule has 0 aliphatic carbocycles. The van der Waals surface area contributed by atoms with Crippen molar-refractivity contribution in [1.29, 1.82) is 0 Å². The Labute approximate surface area is 175 Å². The molecule has 0 radical (unpaired) electrons. The molecule has 3 aromatic rings. The summed E-state index contributed by atoms with van der Waals surface area (Å²) in [6.07, 6.45) is -2.43. The molecule has 1 fully saturated rings. The number of carbonyl (C=O) groups is 1. The largest absolute Gasteiger partial charge is 0.451 e. The Hall–Kier alpha value is -2.81. The lowest BCUT2D eigenvalue weighted by Crippen LogP contribution is -2.21. The van der Waals surface area contributed by atoms with Gasteiger partial charge in [0, 0.05) is 18.5 Å². The summed E-state index contributed by atoms with van der Waals surface area (Å²) in [5.74, 6) is -1.57. The van der Waals surface area contributed by atoms with Gasteiger partial charge in [0.05, 0.1) is 22.6 Å². The number of amides is 1. The number of para-hydroxylation sites is 3. The number of thioether (sulfide) groups is 1. The summed E-state index contributed by atoms with van der Waals surface area (Å²) in [6.45, 7) is 1.88. The predicted octanol–water partition coefficient (Wildman–Crippen LogP) is 4.98. The van der Waals surface area contributed by atoms with Crippen molar-refractivity contribution in [1.82, 2.24) is 9.97 Å². The number of benzene rings is 2. The number of anilines is 2. The molecule has 1 saturated heterocycles. The number of halogens is 3. The van der Waals surface area contributed by atoms with Crippen molar-refractivity contribution in [2.24, 2.45) is 0 Å². The zero-order chi connectivity index (χ0) is 21.1. The third-order valence-electron chi connectivity index (χ3n) is 4.79. The Kier molecular flexibility index (Phi) is 5.80. The lowest BCUT2D eigenvalue weighted by Gasteiger charge is -2.21. The molecule has 9 heteroatoms. The quantitative estimate of drug-likeness (QED) is 0.455. The first-order valence-corrected chi connectivity index (χ1v) is 10.5. The maximum Gasteiger partial charge on any atom is 0.451 e. The van der Waals surface area contributed by atoms with Gasteiger partial charge in [-0.25, -0.2) is 9.97 Å². The van der Waals surface area contributed by atoms with Gasteiger partial charge in [0.2, 0.25) is 11.7 Å². The highest BCUT2D eigenvalue weighted by Gasteiger charge is 2.35. The van der Waals surface area contributed by atoms with Crippen molar-refractivity contribution in [2.45, 2.75) is 24.0 Å². The Bertz CT molecular complexity index is 1070. The minimum Gasteiger partial charge on any atom is -0.370 e. The van der Waals surface area contributed by atoms with E-state index in [1.54, 1.807) is 18.2 Å². The van der Waals surface area contributed by atoms with Crippen molar-refractivity contribution in [3.05, 3.63) is 54.4 Å². The van der Waals surface area contributed by atoms with E-state index in [2.05, 4.69) is 20.2 Å². The third-order valence-corrected chi connectivity index (χ3v) is 5.78. The lowest BCUT2D eigenvalue weighted by atomic mass is 10.2. The molecule has 0 atom stereocenters. The SMILES string of the molecule is O=C(CSc1nc(C(F)(F)F)nc2ccccc12)Nc1ccccc1N1CCCC1. The van der Waals surface area contributed by atoms with E-state index in [1.165, 1.54) is 6.07 Å². The van der Waals surface area contributed by atoms with E-state index in [0.29, 0.717) is 11.1 Å². The van der Waals surface area contributed by atoms with Crippen LogP contribution in [0.2, 0.25) is 0 Å². The van der Waals surface area contributed by atoms with Crippen LogP contribution in [-0.4, -0.2) is 34.7 Å². The Balaban J connectivity index is 1.52. The highest BCUT2D eigenvalue weighted by atomic mass is 32.2. The molecule has 1 N–H and O–H groups in total. The van der Waals surface area contributed by atoms with Crippen LogP contribution in [0.4, 0.5) is 24.5 Å². The molecule has 30 heavy (non-hydrogen) atoms. The minimum atomic E-state index is -4.66. The van der Waals surface area contributed by atoms with Crippen molar-refractivity contribution >= 4 is 39.9 Å². The maximum absolute atomic E-state index is 13.2. The standard InChI is InChI=1S/C21H19F3N4OS/c22-21(23,24)20-26-15-8-2-1-7-14(15)19(27-20)30-13-18(29)25-16-9-3-4-10-17(16)28-11-5-6-12-28/h1-4,7-10H,5-6,11-13H2,(H,25,29). The lowest BCUT2D eigenvalue weighted by molar-refractivity contribution is -0.145. The summed E-state index contributed by atoms with van der Waals surface area (Å²) in [5.41, 5.74) is 1.86. The molecule has 156 valence electrons. The van der Waals surface area contributed by atoms with Crippen LogP contribution >= 0.6 is 11.8 Å². The van der Waals surface area contributed by atoms with Crippen LogP contribution < -0.4 is 10.2 Å². The van der Waals surface area contributed by atoms with Gasteiger partial charge in [-0.2, -0.15) is 13.2 Å². The fraction of sp³-hybridized carbons (Fsp3) is 0.286. The molecule has 0 spiro atoms. The number of nitrogens with one attached hydrogen (secondary N) is 1. The van der Waals surface area contributed by atoms with E-state index in [4.69, 9.17) is 0 Å². The van der Waals surface area contributed by atoms with Crippen LogP contribution in [0.25, 0.3) is 10.9 Å². The molecule has 0 bridgehead atoms. The van der Waals surface area contributed by atoms with Gasteiger partial charge >= 0.3 is 6.18 Å². The number of nitrogens with zero attached hydrogens (tertiary/aromatic N) is 3. The zero-order valence-corrected chi connectivity index (χ0v) is 16.8. The fourth-order valence-electron chi connectivity index (χ4n) is 3.42. The number of rotatable bonds is 5. The molecular weight excluding hydrogens is 413 g/mol. The van der Waals surface area contributed by atoms with Crippen molar-refractivity contribution in [2.75, 3.05) is 29.1 Å². The van der Waals surface area contributed by atoms with E-state index < -0.39 is 12.0 Å². The third kappa shape index (κ3) is 4.51. The summed E-state index contributed by atoms with van der Waals surface area (Å²) in [5, 5.41) is 3.51. The normalized spacial score (nSPS) is 14.3. The second-order valence-corrected chi connectivity index (χ2v) is 7.88. The van der Waals surface area contributed by atoms with E-state index in [-0.39, 0.29) is 22.2 Å².